The third-order valence-electron chi connectivity index (χ3n) is 5.19. The van der Waals surface area contributed by atoms with Gasteiger partial charge in [0.1, 0.15) is 6.04 Å². The van der Waals surface area contributed by atoms with Gasteiger partial charge in [-0.2, -0.15) is 0 Å². The zero-order valence-electron chi connectivity index (χ0n) is 16.3. The minimum absolute atomic E-state index is 0.0170. The fourth-order valence-corrected chi connectivity index (χ4v) is 3.82. The van der Waals surface area contributed by atoms with Crippen LogP contribution in [0, 0.1) is 0 Å². The molecule has 1 amide bonds. The van der Waals surface area contributed by atoms with Gasteiger partial charge in [0.15, 0.2) is 5.96 Å². The Morgan fingerprint density at radius 1 is 1.17 bits per heavy atom. The second kappa shape index (κ2) is 7.79. The molecule has 0 saturated heterocycles. The maximum Gasteiger partial charge on any atom is 0.252 e. The van der Waals surface area contributed by atoms with Crippen molar-refractivity contribution in [3.63, 3.8) is 0 Å². The number of guanidine groups is 1. The van der Waals surface area contributed by atoms with Crippen LogP contribution in [0.1, 0.15) is 18.1 Å². The molecule has 0 fully saturated rings. The smallest absolute Gasteiger partial charge is 0.252 e. The first-order valence-electron chi connectivity index (χ1n) is 9.60. The monoisotopic (exact) mass is 388 g/mol. The van der Waals surface area contributed by atoms with Crippen molar-refractivity contribution in [1.29, 1.82) is 0 Å². The highest BCUT2D eigenvalue weighted by Gasteiger charge is 2.30. The minimum Gasteiger partial charge on any atom is -0.370 e. The highest BCUT2D eigenvalue weighted by Crippen LogP contribution is 2.28. The molecule has 1 aliphatic rings. The maximum atomic E-state index is 13.5. The Kier molecular flexibility index (Phi) is 5.03. The fraction of sp³-hybridized carbons (Fsp3) is 0.227. The van der Waals surface area contributed by atoms with Gasteiger partial charge in [-0.25, -0.2) is 0 Å². The van der Waals surface area contributed by atoms with Gasteiger partial charge in [-0.3, -0.25) is 14.8 Å². The van der Waals surface area contributed by atoms with E-state index in [1.165, 1.54) is 0 Å². The number of hydrogen-bond donors (Lipinski definition) is 3. The number of aliphatic imine (C=N–C) groups is 2. The predicted octanol–water partition coefficient (Wildman–Crippen LogP) is 2.21. The van der Waals surface area contributed by atoms with Crippen LogP contribution >= 0.6 is 0 Å². The molecule has 1 atom stereocenters. The number of hydrogen-bond acceptors (Lipinski definition) is 3. The van der Waals surface area contributed by atoms with Crippen molar-refractivity contribution in [1.82, 2.24) is 4.98 Å². The third kappa shape index (κ3) is 3.71. The summed E-state index contributed by atoms with van der Waals surface area (Å²) in [6.45, 7) is 2.68. The van der Waals surface area contributed by atoms with E-state index in [0.717, 1.165) is 33.4 Å². The zero-order valence-corrected chi connectivity index (χ0v) is 16.3. The molecule has 3 aromatic rings. The van der Waals surface area contributed by atoms with Crippen LogP contribution in [0.25, 0.3) is 10.9 Å². The first kappa shape index (κ1) is 18.7. The number of amides is 1. The highest BCUT2D eigenvalue weighted by molar-refractivity contribution is 6.12. The number of para-hydroxylation sites is 2. The summed E-state index contributed by atoms with van der Waals surface area (Å²) < 4.78 is 0. The van der Waals surface area contributed by atoms with Gasteiger partial charge in [0.25, 0.3) is 5.91 Å². The van der Waals surface area contributed by atoms with E-state index in [1.54, 1.807) is 4.90 Å². The molecule has 7 nitrogen and oxygen atoms in total. The van der Waals surface area contributed by atoms with E-state index >= 15 is 0 Å². The quantitative estimate of drug-likeness (QED) is 0.460. The van der Waals surface area contributed by atoms with Gasteiger partial charge < -0.3 is 21.4 Å². The molecular weight excluding hydrogens is 364 g/mol. The maximum absolute atomic E-state index is 13.5. The Hall–Kier alpha value is -3.61. The van der Waals surface area contributed by atoms with E-state index in [9.17, 15) is 4.79 Å². The summed E-state index contributed by atoms with van der Waals surface area (Å²) in [5.74, 6) is -0.0336. The Morgan fingerprint density at radius 3 is 2.76 bits per heavy atom. The van der Waals surface area contributed by atoms with Gasteiger partial charge in [0.2, 0.25) is 0 Å². The van der Waals surface area contributed by atoms with Gasteiger partial charge in [-0.15, -0.1) is 0 Å². The molecule has 2 aromatic carbocycles. The minimum atomic E-state index is -0.513. The molecular formula is C22H24N6O. The lowest BCUT2D eigenvalue weighted by Gasteiger charge is -2.24. The molecule has 1 aromatic heterocycles. The standard InChI is InChI=1S/C22H24N6O/c1-14-16-6-3-5-9-20(16)28(11-10-25-22(23)24)21(29)19(27-14)12-15-13-26-18-8-4-2-7-17(15)18/h2-9,13,19,26H,10-12H2,1H3,(H4,23,24,25). The van der Waals surface area contributed by atoms with Crippen molar-refractivity contribution >= 4 is 34.2 Å². The molecule has 0 bridgehead atoms. The van der Waals surface area contributed by atoms with E-state index < -0.39 is 6.04 Å². The largest absolute Gasteiger partial charge is 0.370 e. The summed E-state index contributed by atoms with van der Waals surface area (Å²) in [6, 6.07) is 15.4. The molecule has 5 N–H and O–H groups in total. The average Bonchev–Trinajstić information content (AvgIpc) is 3.09. The molecule has 0 radical (unpaired) electrons. The zero-order chi connectivity index (χ0) is 20.4. The molecule has 0 saturated carbocycles. The number of carbonyl (C=O) groups is 1. The summed E-state index contributed by atoms with van der Waals surface area (Å²) in [4.78, 5) is 27.4. The summed E-state index contributed by atoms with van der Waals surface area (Å²) in [5, 5.41) is 1.11. The van der Waals surface area contributed by atoms with Crippen molar-refractivity contribution in [3.8, 4) is 0 Å². The van der Waals surface area contributed by atoms with Gasteiger partial charge in [0.05, 0.1) is 12.2 Å². The van der Waals surface area contributed by atoms with Crippen molar-refractivity contribution < 1.29 is 4.79 Å². The number of rotatable bonds is 5. The van der Waals surface area contributed by atoms with E-state index in [4.69, 9.17) is 16.5 Å². The third-order valence-corrected chi connectivity index (χ3v) is 5.19. The number of benzene rings is 2. The Morgan fingerprint density at radius 2 is 1.93 bits per heavy atom. The number of carbonyl (C=O) groups excluding carboxylic acids is 1. The van der Waals surface area contributed by atoms with Crippen molar-refractivity contribution in [2.24, 2.45) is 21.5 Å². The van der Waals surface area contributed by atoms with Crippen molar-refractivity contribution in [3.05, 3.63) is 65.9 Å². The number of aromatic amines is 1. The Balaban J connectivity index is 1.70. The number of aromatic nitrogens is 1. The van der Waals surface area contributed by atoms with Crippen LogP contribution in [0.2, 0.25) is 0 Å². The lowest BCUT2D eigenvalue weighted by molar-refractivity contribution is -0.119. The predicted molar refractivity (Wildman–Crippen MR) is 117 cm³/mol. The molecule has 1 aliphatic heterocycles. The SMILES string of the molecule is CC1=NC(Cc2c[nH]c3ccccc23)C(=O)N(CCN=C(N)N)c2ccccc21. The molecule has 2 heterocycles. The fourth-order valence-electron chi connectivity index (χ4n) is 3.82. The van der Waals surface area contributed by atoms with Crippen LogP contribution in [0.4, 0.5) is 5.69 Å². The van der Waals surface area contributed by atoms with Gasteiger partial charge >= 0.3 is 0 Å². The summed E-state index contributed by atoms with van der Waals surface area (Å²) in [6.07, 6.45) is 2.48. The van der Waals surface area contributed by atoms with Crippen LogP contribution in [0.5, 0.6) is 0 Å². The second-order valence-electron chi connectivity index (χ2n) is 7.11. The van der Waals surface area contributed by atoms with Gasteiger partial charge in [-0.05, 0) is 24.6 Å². The molecule has 0 spiro atoms. The molecule has 148 valence electrons. The molecule has 1 unspecified atom stereocenters. The van der Waals surface area contributed by atoms with Crippen LogP contribution in [-0.4, -0.2) is 41.7 Å². The molecule has 7 heteroatoms. The molecule has 29 heavy (non-hydrogen) atoms. The van der Waals surface area contributed by atoms with Gasteiger partial charge in [0, 0.05) is 41.3 Å². The highest BCUT2D eigenvalue weighted by atomic mass is 16.2. The topological polar surface area (TPSA) is 113 Å². The van der Waals surface area contributed by atoms with Crippen LogP contribution in [0.15, 0.2) is 64.7 Å². The lowest BCUT2D eigenvalue weighted by atomic mass is 10.0. The first-order chi connectivity index (χ1) is 14.0. The van der Waals surface area contributed by atoms with E-state index in [-0.39, 0.29) is 11.9 Å². The van der Waals surface area contributed by atoms with Crippen LogP contribution in [0.3, 0.4) is 0 Å². The average molecular weight is 388 g/mol. The summed E-state index contributed by atoms with van der Waals surface area (Å²) in [7, 11) is 0. The number of anilines is 1. The van der Waals surface area contributed by atoms with E-state index in [1.807, 2.05) is 55.6 Å². The van der Waals surface area contributed by atoms with E-state index in [2.05, 4.69) is 16.0 Å². The van der Waals surface area contributed by atoms with Crippen molar-refractivity contribution in [2.45, 2.75) is 19.4 Å². The second-order valence-corrected chi connectivity index (χ2v) is 7.11. The van der Waals surface area contributed by atoms with E-state index in [0.29, 0.717) is 19.5 Å². The normalized spacial score (nSPS) is 16.3. The molecule has 0 aliphatic carbocycles. The van der Waals surface area contributed by atoms with Gasteiger partial charge in [-0.1, -0.05) is 36.4 Å². The molecule has 4 rings (SSSR count). The van der Waals surface area contributed by atoms with Crippen molar-refractivity contribution in [2.75, 3.05) is 18.0 Å². The number of nitrogens with zero attached hydrogens (tertiary/aromatic N) is 3. The Labute approximate surface area is 169 Å². The summed E-state index contributed by atoms with van der Waals surface area (Å²) in [5.41, 5.74) is 15.7. The number of fused-ring (bicyclic) bond motifs is 2. The number of benzodiazepines with no additional fused rings is 1. The van der Waals surface area contributed by atoms with Crippen LogP contribution in [-0.2, 0) is 11.2 Å². The number of H-pyrrole nitrogens is 1. The number of nitrogens with one attached hydrogen (secondary N) is 1. The summed E-state index contributed by atoms with van der Waals surface area (Å²) >= 11 is 0. The first-order valence-corrected chi connectivity index (χ1v) is 9.60. The number of nitrogens with two attached hydrogens (primary N) is 2. The Bertz CT molecular complexity index is 1110. The van der Waals surface area contributed by atoms with Crippen LogP contribution < -0.4 is 16.4 Å². The lowest BCUT2D eigenvalue weighted by Crippen LogP contribution is -2.40.